The Morgan fingerprint density at radius 2 is 1.96 bits per heavy atom. The third kappa shape index (κ3) is 3.16. The Morgan fingerprint density at radius 3 is 2.80 bits per heavy atom. The first-order valence-electron chi connectivity index (χ1n) is 7.79. The highest BCUT2D eigenvalue weighted by Crippen LogP contribution is 2.31. The summed E-state index contributed by atoms with van der Waals surface area (Å²) in [6, 6.07) is 14.9. The van der Waals surface area contributed by atoms with Crippen LogP contribution >= 0.6 is 0 Å². The number of hydrogen-bond acceptors (Lipinski definition) is 6. The van der Waals surface area contributed by atoms with Crippen LogP contribution in [0.3, 0.4) is 0 Å². The molecule has 25 heavy (non-hydrogen) atoms. The highest BCUT2D eigenvalue weighted by Gasteiger charge is 2.28. The number of nitrogens with zero attached hydrogens (tertiary/aromatic N) is 2. The molecule has 1 N–H and O–H groups in total. The van der Waals surface area contributed by atoms with E-state index in [1.54, 1.807) is 12.1 Å². The second-order valence-electron chi connectivity index (χ2n) is 5.64. The summed E-state index contributed by atoms with van der Waals surface area (Å²) < 4.78 is 16.7. The van der Waals surface area contributed by atoms with Gasteiger partial charge in [-0.1, -0.05) is 34.9 Å². The Kier molecular flexibility index (Phi) is 3.81. The molecule has 1 unspecified atom stereocenters. The molecule has 126 valence electrons. The fourth-order valence-corrected chi connectivity index (χ4v) is 2.50. The van der Waals surface area contributed by atoms with E-state index in [-0.39, 0.29) is 12.6 Å². The molecule has 2 heterocycles. The molecule has 0 fully saturated rings. The zero-order valence-corrected chi connectivity index (χ0v) is 13.4. The van der Waals surface area contributed by atoms with Crippen LogP contribution in [-0.4, -0.2) is 28.8 Å². The number of benzene rings is 2. The van der Waals surface area contributed by atoms with Crippen molar-refractivity contribution in [2.45, 2.75) is 13.0 Å². The molecule has 0 bridgehead atoms. The van der Waals surface area contributed by atoms with Crippen LogP contribution in [0.2, 0.25) is 0 Å². The second kappa shape index (κ2) is 6.27. The molecule has 0 spiro atoms. The van der Waals surface area contributed by atoms with Crippen molar-refractivity contribution in [3.8, 4) is 23.0 Å². The largest absolute Gasteiger partial charge is 0.485 e. The lowest BCUT2D eigenvalue weighted by molar-refractivity contribution is -0.125. The van der Waals surface area contributed by atoms with Gasteiger partial charge in [-0.15, -0.1) is 5.10 Å². The summed E-state index contributed by atoms with van der Waals surface area (Å²) in [6.45, 7) is 2.09. The summed E-state index contributed by atoms with van der Waals surface area (Å²) in [7, 11) is 0. The fourth-order valence-electron chi connectivity index (χ4n) is 2.50. The summed E-state index contributed by atoms with van der Waals surface area (Å²) in [5.74, 6) is 1.07. The highest BCUT2D eigenvalue weighted by molar-refractivity contribution is 5.93. The average molecular weight is 337 g/mol. The Morgan fingerprint density at radius 1 is 1.12 bits per heavy atom. The van der Waals surface area contributed by atoms with Gasteiger partial charge in [0.1, 0.15) is 6.61 Å². The van der Waals surface area contributed by atoms with Gasteiger partial charge in [0.25, 0.3) is 5.91 Å². The molecule has 2 aromatic carbocycles. The van der Waals surface area contributed by atoms with E-state index in [0.29, 0.717) is 17.4 Å². The van der Waals surface area contributed by atoms with Crippen molar-refractivity contribution >= 4 is 11.9 Å². The summed E-state index contributed by atoms with van der Waals surface area (Å²) in [6.07, 6.45) is -0.788. The number of para-hydroxylation sites is 2. The van der Waals surface area contributed by atoms with Crippen LogP contribution in [-0.2, 0) is 4.79 Å². The third-order valence-electron chi connectivity index (χ3n) is 3.72. The van der Waals surface area contributed by atoms with Crippen LogP contribution in [0.1, 0.15) is 5.56 Å². The van der Waals surface area contributed by atoms with Gasteiger partial charge in [0.15, 0.2) is 11.5 Å². The minimum atomic E-state index is -0.788. The molecule has 1 aliphatic rings. The van der Waals surface area contributed by atoms with Crippen LogP contribution < -0.4 is 14.8 Å². The summed E-state index contributed by atoms with van der Waals surface area (Å²) in [5.41, 5.74) is 1.87. The standard InChI is InChI=1S/C18H15N3O4/c1-11-5-4-6-12(9-11)17-20-21-18(25-17)19-16(22)15-10-23-13-7-2-3-8-14(13)24-15/h2-9,15H,10H2,1H3,(H,19,21,22). The van der Waals surface area contributed by atoms with Gasteiger partial charge in [0.2, 0.25) is 12.0 Å². The number of aromatic nitrogens is 2. The lowest BCUT2D eigenvalue weighted by Gasteiger charge is -2.24. The molecule has 0 saturated heterocycles. The van der Waals surface area contributed by atoms with Gasteiger partial charge < -0.3 is 13.9 Å². The van der Waals surface area contributed by atoms with E-state index >= 15 is 0 Å². The minimum Gasteiger partial charge on any atom is -0.485 e. The smallest absolute Gasteiger partial charge is 0.322 e. The van der Waals surface area contributed by atoms with E-state index in [1.807, 2.05) is 43.3 Å². The van der Waals surface area contributed by atoms with E-state index in [1.165, 1.54) is 0 Å². The van der Waals surface area contributed by atoms with Crippen molar-refractivity contribution < 1.29 is 18.7 Å². The van der Waals surface area contributed by atoms with Crippen molar-refractivity contribution in [2.75, 3.05) is 11.9 Å². The van der Waals surface area contributed by atoms with Crippen molar-refractivity contribution in [2.24, 2.45) is 0 Å². The number of anilines is 1. The molecule has 7 nitrogen and oxygen atoms in total. The average Bonchev–Trinajstić information content (AvgIpc) is 3.10. The molecule has 1 aromatic heterocycles. The third-order valence-corrected chi connectivity index (χ3v) is 3.72. The first kappa shape index (κ1) is 15.2. The van der Waals surface area contributed by atoms with Crippen LogP contribution in [0.5, 0.6) is 11.5 Å². The minimum absolute atomic E-state index is 0.0176. The number of rotatable bonds is 3. The van der Waals surface area contributed by atoms with Crippen LogP contribution in [0.4, 0.5) is 6.01 Å². The summed E-state index contributed by atoms with van der Waals surface area (Å²) in [5, 5.41) is 10.4. The number of fused-ring (bicyclic) bond motifs is 1. The Labute approximate surface area is 143 Å². The van der Waals surface area contributed by atoms with Crippen molar-refractivity contribution in [1.82, 2.24) is 10.2 Å². The number of hydrogen-bond donors (Lipinski definition) is 1. The zero-order chi connectivity index (χ0) is 17.2. The molecule has 7 heteroatoms. The SMILES string of the molecule is Cc1cccc(-c2nnc(NC(=O)C3COc4ccccc4O3)o2)c1. The predicted molar refractivity (Wildman–Crippen MR) is 89.5 cm³/mol. The molecule has 4 rings (SSSR count). The van der Waals surface area contributed by atoms with Gasteiger partial charge in [-0.05, 0) is 31.2 Å². The Balaban J connectivity index is 1.45. The van der Waals surface area contributed by atoms with Gasteiger partial charge in [0.05, 0.1) is 0 Å². The van der Waals surface area contributed by atoms with Crippen LogP contribution in [0.25, 0.3) is 11.5 Å². The predicted octanol–water partition coefficient (Wildman–Crippen LogP) is 2.82. The van der Waals surface area contributed by atoms with Gasteiger partial charge in [-0.3, -0.25) is 10.1 Å². The molecular weight excluding hydrogens is 322 g/mol. The lowest BCUT2D eigenvalue weighted by Crippen LogP contribution is -2.40. The number of nitrogens with one attached hydrogen (secondary N) is 1. The Hall–Kier alpha value is -3.35. The molecule has 0 saturated carbocycles. The number of amides is 1. The quantitative estimate of drug-likeness (QED) is 0.791. The van der Waals surface area contributed by atoms with Crippen molar-refractivity contribution in [3.05, 3.63) is 54.1 Å². The molecule has 3 aromatic rings. The van der Waals surface area contributed by atoms with E-state index in [9.17, 15) is 4.79 Å². The maximum Gasteiger partial charge on any atom is 0.322 e. The first-order valence-corrected chi connectivity index (χ1v) is 7.79. The maximum atomic E-state index is 12.3. The normalized spacial score (nSPS) is 15.6. The number of carbonyl (C=O) groups excluding carboxylic acids is 1. The maximum absolute atomic E-state index is 12.3. The summed E-state index contributed by atoms with van der Waals surface area (Å²) >= 11 is 0. The van der Waals surface area contributed by atoms with Crippen LogP contribution in [0.15, 0.2) is 52.9 Å². The zero-order valence-electron chi connectivity index (χ0n) is 13.4. The monoisotopic (exact) mass is 337 g/mol. The summed E-state index contributed by atoms with van der Waals surface area (Å²) in [4.78, 5) is 12.3. The second-order valence-corrected chi connectivity index (χ2v) is 5.64. The molecular formula is C18H15N3O4. The highest BCUT2D eigenvalue weighted by atomic mass is 16.6. The first-order chi connectivity index (χ1) is 12.2. The van der Waals surface area contributed by atoms with Gasteiger partial charge in [-0.2, -0.15) is 0 Å². The Bertz CT molecular complexity index is 922. The lowest BCUT2D eigenvalue weighted by atomic mass is 10.1. The topological polar surface area (TPSA) is 86.5 Å². The molecule has 0 radical (unpaired) electrons. The van der Waals surface area contributed by atoms with Gasteiger partial charge in [0, 0.05) is 5.56 Å². The van der Waals surface area contributed by atoms with Gasteiger partial charge >= 0.3 is 6.01 Å². The van der Waals surface area contributed by atoms with Crippen molar-refractivity contribution in [3.63, 3.8) is 0 Å². The number of aryl methyl sites for hydroxylation is 1. The van der Waals surface area contributed by atoms with E-state index < -0.39 is 12.0 Å². The van der Waals surface area contributed by atoms with E-state index in [0.717, 1.165) is 11.1 Å². The fraction of sp³-hybridized carbons (Fsp3) is 0.167. The molecule has 1 aliphatic heterocycles. The molecule has 0 aliphatic carbocycles. The number of carbonyl (C=O) groups is 1. The molecule has 1 atom stereocenters. The van der Waals surface area contributed by atoms with Crippen molar-refractivity contribution in [1.29, 1.82) is 0 Å². The van der Waals surface area contributed by atoms with Crippen LogP contribution in [0, 0.1) is 6.92 Å². The van der Waals surface area contributed by atoms with E-state index in [4.69, 9.17) is 13.9 Å². The van der Waals surface area contributed by atoms with Gasteiger partial charge in [-0.25, -0.2) is 0 Å². The molecule has 1 amide bonds. The number of ether oxygens (including phenoxy) is 2. The van der Waals surface area contributed by atoms with E-state index in [2.05, 4.69) is 15.5 Å².